The van der Waals surface area contributed by atoms with Crippen LogP contribution in [0.4, 0.5) is 0 Å². The number of hydrogen-bond donors (Lipinski definition) is 1. The molecule has 1 N–H and O–H groups in total. The van der Waals surface area contributed by atoms with E-state index in [4.69, 9.17) is 4.74 Å². The van der Waals surface area contributed by atoms with Gasteiger partial charge < -0.3 is 15.0 Å². The summed E-state index contributed by atoms with van der Waals surface area (Å²) < 4.78 is 4.94. The summed E-state index contributed by atoms with van der Waals surface area (Å²) in [5.41, 5.74) is 0. The van der Waals surface area contributed by atoms with Crippen molar-refractivity contribution in [2.75, 3.05) is 33.4 Å². The van der Waals surface area contributed by atoms with Gasteiger partial charge in [-0.3, -0.25) is 0 Å². The Hall–Kier alpha value is -0.540. The summed E-state index contributed by atoms with van der Waals surface area (Å²) >= 11 is 0. The zero-order valence-electron chi connectivity index (χ0n) is 9.05. The third kappa shape index (κ3) is 5.66. The summed E-state index contributed by atoms with van der Waals surface area (Å²) in [6.45, 7) is 11.8. The van der Waals surface area contributed by atoms with E-state index in [1.807, 2.05) is 6.20 Å². The normalized spacial score (nSPS) is 12.5. The number of ether oxygens (including phenoxy) is 1. The minimum Gasteiger partial charge on any atom is -0.383 e. The highest BCUT2D eigenvalue weighted by Crippen LogP contribution is 1.96. The van der Waals surface area contributed by atoms with Crippen LogP contribution < -0.4 is 5.32 Å². The molecule has 0 aliphatic carbocycles. The fourth-order valence-corrected chi connectivity index (χ4v) is 1.22. The third-order valence-electron chi connectivity index (χ3n) is 2.09. The van der Waals surface area contributed by atoms with Gasteiger partial charge in [-0.05, 0) is 20.0 Å². The molecule has 0 radical (unpaired) electrons. The Morgan fingerprint density at radius 3 is 2.77 bits per heavy atom. The highest BCUT2D eigenvalue weighted by Gasteiger charge is 2.05. The standard InChI is InChI=1S/C10H22N2O/c1-5-12(6-2)10(3)9-11-7-8-13-4/h5,10-11H,1,6-9H2,2-4H3/t10-/m0/s1. The maximum absolute atomic E-state index is 4.94. The molecule has 0 heterocycles. The van der Waals surface area contributed by atoms with E-state index in [9.17, 15) is 0 Å². The number of hydrogen-bond acceptors (Lipinski definition) is 3. The second-order valence-electron chi connectivity index (χ2n) is 3.06. The van der Waals surface area contributed by atoms with E-state index in [1.54, 1.807) is 7.11 Å². The molecule has 0 aliphatic heterocycles. The topological polar surface area (TPSA) is 24.5 Å². The molecular formula is C10H22N2O. The van der Waals surface area contributed by atoms with Crippen LogP contribution in [-0.2, 0) is 4.74 Å². The smallest absolute Gasteiger partial charge is 0.0587 e. The lowest BCUT2D eigenvalue weighted by Gasteiger charge is -2.26. The summed E-state index contributed by atoms with van der Waals surface area (Å²) in [5, 5.41) is 3.32. The van der Waals surface area contributed by atoms with Crippen molar-refractivity contribution < 1.29 is 4.74 Å². The Morgan fingerprint density at radius 2 is 2.31 bits per heavy atom. The molecule has 0 unspecified atom stereocenters. The van der Waals surface area contributed by atoms with Crippen molar-refractivity contribution in [2.24, 2.45) is 0 Å². The second-order valence-corrected chi connectivity index (χ2v) is 3.06. The summed E-state index contributed by atoms with van der Waals surface area (Å²) in [6, 6.07) is 0.499. The first-order valence-corrected chi connectivity index (χ1v) is 4.84. The van der Waals surface area contributed by atoms with Crippen LogP contribution >= 0.6 is 0 Å². The number of likely N-dealkylation sites (N-methyl/N-ethyl adjacent to an activating group) is 1. The molecule has 0 aromatic carbocycles. The maximum Gasteiger partial charge on any atom is 0.0587 e. The average Bonchev–Trinajstić information content (AvgIpc) is 2.14. The Bertz CT molecular complexity index is 128. The van der Waals surface area contributed by atoms with Crippen LogP contribution in [0.1, 0.15) is 13.8 Å². The predicted molar refractivity (Wildman–Crippen MR) is 56.8 cm³/mol. The Labute approximate surface area is 81.8 Å². The van der Waals surface area contributed by atoms with Gasteiger partial charge >= 0.3 is 0 Å². The minimum atomic E-state index is 0.499. The van der Waals surface area contributed by atoms with Gasteiger partial charge in [-0.1, -0.05) is 6.58 Å². The first-order chi connectivity index (χ1) is 6.26. The molecular weight excluding hydrogens is 164 g/mol. The fourth-order valence-electron chi connectivity index (χ4n) is 1.22. The Balaban J connectivity index is 3.47. The molecule has 0 saturated heterocycles. The van der Waals surface area contributed by atoms with E-state index >= 15 is 0 Å². The fraction of sp³-hybridized carbons (Fsp3) is 0.800. The zero-order chi connectivity index (χ0) is 10.1. The molecule has 0 aromatic heterocycles. The van der Waals surface area contributed by atoms with Gasteiger partial charge in [-0.25, -0.2) is 0 Å². The van der Waals surface area contributed by atoms with Gasteiger partial charge in [-0.15, -0.1) is 0 Å². The van der Waals surface area contributed by atoms with Gasteiger partial charge in [-0.2, -0.15) is 0 Å². The van der Waals surface area contributed by atoms with Crippen LogP contribution in [0, 0.1) is 0 Å². The SMILES string of the molecule is C=CN(CC)[C@@H](C)CNCCOC. The van der Waals surface area contributed by atoms with Crippen molar-refractivity contribution in [3.8, 4) is 0 Å². The quantitative estimate of drug-likeness (QED) is 0.574. The molecule has 0 bridgehead atoms. The molecule has 0 saturated carbocycles. The van der Waals surface area contributed by atoms with Crippen LogP contribution in [-0.4, -0.2) is 44.3 Å². The molecule has 1 atom stereocenters. The first kappa shape index (κ1) is 12.5. The zero-order valence-corrected chi connectivity index (χ0v) is 9.05. The van der Waals surface area contributed by atoms with Crippen LogP contribution in [0.2, 0.25) is 0 Å². The van der Waals surface area contributed by atoms with Crippen molar-refractivity contribution in [1.82, 2.24) is 10.2 Å². The van der Waals surface area contributed by atoms with Crippen LogP contribution in [0.15, 0.2) is 12.8 Å². The highest BCUT2D eigenvalue weighted by molar-refractivity contribution is 4.77. The van der Waals surface area contributed by atoms with Gasteiger partial charge in [0.15, 0.2) is 0 Å². The summed E-state index contributed by atoms with van der Waals surface area (Å²) in [4.78, 5) is 2.21. The maximum atomic E-state index is 4.94. The number of nitrogens with one attached hydrogen (secondary N) is 1. The van der Waals surface area contributed by atoms with Crippen LogP contribution in [0.3, 0.4) is 0 Å². The van der Waals surface area contributed by atoms with Crippen molar-refractivity contribution in [1.29, 1.82) is 0 Å². The molecule has 0 amide bonds. The van der Waals surface area contributed by atoms with Crippen molar-refractivity contribution in [3.63, 3.8) is 0 Å². The molecule has 0 aliphatic rings. The third-order valence-corrected chi connectivity index (χ3v) is 2.09. The molecule has 3 heteroatoms. The lowest BCUT2D eigenvalue weighted by Crippen LogP contribution is -2.37. The average molecular weight is 186 g/mol. The van der Waals surface area contributed by atoms with Gasteiger partial charge in [0.05, 0.1) is 6.61 Å². The van der Waals surface area contributed by atoms with E-state index in [1.165, 1.54) is 0 Å². The molecule has 3 nitrogen and oxygen atoms in total. The van der Waals surface area contributed by atoms with E-state index in [-0.39, 0.29) is 0 Å². The van der Waals surface area contributed by atoms with Gasteiger partial charge in [0.1, 0.15) is 0 Å². The second kappa shape index (κ2) is 8.08. The van der Waals surface area contributed by atoms with Gasteiger partial charge in [0, 0.05) is 32.8 Å². The summed E-state index contributed by atoms with van der Waals surface area (Å²) in [6.07, 6.45) is 1.89. The highest BCUT2D eigenvalue weighted by atomic mass is 16.5. The first-order valence-electron chi connectivity index (χ1n) is 4.84. The van der Waals surface area contributed by atoms with E-state index < -0.39 is 0 Å². The molecule has 13 heavy (non-hydrogen) atoms. The number of nitrogens with zero attached hydrogens (tertiary/aromatic N) is 1. The van der Waals surface area contributed by atoms with Crippen molar-refractivity contribution >= 4 is 0 Å². The van der Waals surface area contributed by atoms with E-state index in [0.717, 1.165) is 26.2 Å². The van der Waals surface area contributed by atoms with Gasteiger partial charge in [0.25, 0.3) is 0 Å². The summed E-state index contributed by atoms with van der Waals surface area (Å²) in [7, 11) is 1.72. The summed E-state index contributed by atoms with van der Waals surface area (Å²) in [5.74, 6) is 0. The molecule has 0 rings (SSSR count). The Morgan fingerprint density at radius 1 is 1.62 bits per heavy atom. The minimum absolute atomic E-state index is 0.499. The van der Waals surface area contributed by atoms with Crippen molar-refractivity contribution in [3.05, 3.63) is 12.8 Å². The lowest BCUT2D eigenvalue weighted by atomic mass is 10.3. The molecule has 0 fully saturated rings. The molecule has 0 spiro atoms. The molecule has 78 valence electrons. The van der Waals surface area contributed by atoms with Gasteiger partial charge in [0.2, 0.25) is 0 Å². The largest absolute Gasteiger partial charge is 0.383 e. The van der Waals surface area contributed by atoms with Crippen LogP contribution in [0.25, 0.3) is 0 Å². The lowest BCUT2D eigenvalue weighted by molar-refractivity contribution is 0.195. The molecule has 0 aromatic rings. The van der Waals surface area contributed by atoms with Crippen molar-refractivity contribution in [2.45, 2.75) is 19.9 Å². The monoisotopic (exact) mass is 186 g/mol. The van der Waals surface area contributed by atoms with E-state index in [2.05, 4.69) is 30.6 Å². The van der Waals surface area contributed by atoms with E-state index in [0.29, 0.717) is 6.04 Å². The Kier molecular flexibility index (Phi) is 7.74. The number of rotatable bonds is 8. The van der Waals surface area contributed by atoms with Crippen LogP contribution in [0.5, 0.6) is 0 Å². The predicted octanol–water partition coefficient (Wildman–Crippen LogP) is 1.08. The number of methoxy groups -OCH3 is 1.